The summed E-state index contributed by atoms with van der Waals surface area (Å²) in [5.41, 5.74) is 1.36. The third-order valence-corrected chi connectivity index (χ3v) is 5.43. The number of hydrogen-bond donors (Lipinski definition) is 1. The minimum Gasteiger partial charge on any atom is -0.497 e. The molecule has 0 aliphatic rings. The number of nitrogens with zero attached hydrogens (tertiary/aromatic N) is 1. The molecule has 0 aliphatic carbocycles. The van der Waals surface area contributed by atoms with Crippen molar-refractivity contribution in [2.24, 2.45) is 0 Å². The molecule has 0 radical (unpaired) electrons. The number of ether oxygens (including phenoxy) is 4. The number of aromatic nitrogens is 1. The molecule has 8 nitrogen and oxygen atoms in total. The van der Waals surface area contributed by atoms with E-state index >= 15 is 0 Å². The molecule has 0 atom stereocenters. The van der Waals surface area contributed by atoms with Crippen molar-refractivity contribution in [3.63, 3.8) is 0 Å². The van der Waals surface area contributed by atoms with Gasteiger partial charge in [0.05, 0.1) is 39.0 Å². The van der Waals surface area contributed by atoms with Gasteiger partial charge in [0.15, 0.2) is 11.5 Å². The number of hydrogen-bond acceptors (Lipinski definition) is 6. The summed E-state index contributed by atoms with van der Waals surface area (Å²) in [5.74, 6) is 1.84. The first-order valence-corrected chi connectivity index (χ1v) is 12.0. The SMILES string of the molecule is CCCN(Cc1cc2ccc(OC)cc2[nH]c1=O)C(=O)c1cc(OCC)c(OCC)c(OCC)c1. The Hall–Kier alpha value is -3.68. The summed E-state index contributed by atoms with van der Waals surface area (Å²) in [6, 6.07) is 10.7. The van der Waals surface area contributed by atoms with Crippen LogP contribution in [0, 0.1) is 0 Å². The molecule has 0 unspecified atom stereocenters. The van der Waals surface area contributed by atoms with Crippen LogP contribution in [0.4, 0.5) is 0 Å². The fourth-order valence-electron chi connectivity index (χ4n) is 3.89. The number of methoxy groups -OCH3 is 1. The highest BCUT2D eigenvalue weighted by molar-refractivity contribution is 5.95. The molecule has 0 fully saturated rings. The molecule has 35 heavy (non-hydrogen) atoms. The van der Waals surface area contributed by atoms with Crippen LogP contribution in [0.15, 0.2) is 41.2 Å². The summed E-state index contributed by atoms with van der Waals surface area (Å²) in [4.78, 5) is 31.0. The Morgan fingerprint density at radius 3 is 2.14 bits per heavy atom. The molecule has 0 saturated carbocycles. The third kappa shape index (κ3) is 6.07. The largest absolute Gasteiger partial charge is 0.497 e. The highest BCUT2D eigenvalue weighted by Crippen LogP contribution is 2.39. The summed E-state index contributed by atoms with van der Waals surface area (Å²) in [7, 11) is 1.58. The second kappa shape index (κ2) is 12.1. The number of amides is 1. The maximum Gasteiger partial charge on any atom is 0.254 e. The molecule has 188 valence electrons. The summed E-state index contributed by atoms with van der Waals surface area (Å²) in [5, 5.41) is 0.864. The Labute approximate surface area is 205 Å². The lowest BCUT2D eigenvalue weighted by Crippen LogP contribution is -2.33. The molecule has 0 saturated heterocycles. The van der Waals surface area contributed by atoms with Crippen molar-refractivity contribution < 1.29 is 23.7 Å². The number of H-pyrrole nitrogens is 1. The van der Waals surface area contributed by atoms with E-state index in [0.29, 0.717) is 66.0 Å². The van der Waals surface area contributed by atoms with Gasteiger partial charge in [-0.2, -0.15) is 0 Å². The van der Waals surface area contributed by atoms with Crippen LogP contribution < -0.4 is 24.5 Å². The molecular weight excluding hydrogens is 448 g/mol. The van der Waals surface area contributed by atoms with Gasteiger partial charge in [0.1, 0.15) is 5.75 Å². The van der Waals surface area contributed by atoms with Crippen molar-refractivity contribution >= 4 is 16.8 Å². The van der Waals surface area contributed by atoms with E-state index in [4.69, 9.17) is 18.9 Å². The molecule has 0 spiro atoms. The molecule has 1 aromatic heterocycles. The van der Waals surface area contributed by atoms with Gasteiger partial charge in [-0.05, 0) is 62.9 Å². The van der Waals surface area contributed by atoms with Crippen molar-refractivity contribution in [2.75, 3.05) is 33.5 Å². The first-order chi connectivity index (χ1) is 16.9. The average molecular weight is 483 g/mol. The molecule has 1 N–H and O–H groups in total. The molecule has 1 heterocycles. The van der Waals surface area contributed by atoms with Gasteiger partial charge < -0.3 is 28.8 Å². The van der Waals surface area contributed by atoms with E-state index in [-0.39, 0.29) is 18.0 Å². The number of nitrogens with one attached hydrogen (secondary N) is 1. The molecule has 8 heteroatoms. The molecule has 0 bridgehead atoms. The second-order valence-electron chi connectivity index (χ2n) is 7.90. The molecular formula is C27H34N2O6. The molecule has 0 aliphatic heterocycles. The van der Waals surface area contributed by atoms with E-state index in [1.807, 2.05) is 45.9 Å². The van der Waals surface area contributed by atoms with Crippen molar-refractivity contribution in [3.8, 4) is 23.0 Å². The van der Waals surface area contributed by atoms with Crippen LogP contribution in [-0.2, 0) is 6.54 Å². The molecule has 3 aromatic rings. The normalized spacial score (nSPS) is 10.8. The van der Waals surface area contributed by atoms with Crippen molar-refractivity contribution in [1.29, 1.82) is 0 Å². The van der Waals surface area contributed by atoms with Gasteiger partial charge in [-0.1, -0.05) is 6.92 Å². The van der Waals surface area contributed by atoms with E-state index in [2.05, 4.69) is 4.98 Å². The quantitative estimate of drug-likeness (QED) is 0.399. The zero-order chi connectivity index (χ0) is 25.4. The Balaban J connectivity index is 1.99. The van der Waals surface area contributed by atoms with Gasteiger partial charge in [0, 0.05) is 23.7 Å². The van der Waals surface area contributed by atoms with Crippen LogP contribution in [0.2, 0.25) is 0 Å². The maximum atomic E-state index is 13.6. The fourth-order valence-corrected chi connectivity index (χ4v) is 3.89. The van der Waals surface area contributed by atoms with Crippen LogP contribution in [-0.4, -0.2) is 49.3 Å². The van der Waals surface area contributed by atoms with Gasteiger partial charge in [0.25, 0.3) is 11.5 Å². The number of fused-ring (bicyclic) bond motifs is 1. The predicted molar refractivity (Wildman–Crippen MR) is 136 cm³/mol. The second-order valence-corrected chi connectivity index (χ2v) is 7.90. The lowest BCUT2D eigenvalue weighted by molar-refractivity contribution is 0.0741. The number of aromatic amines is 1. The van der Waals surface area contributed by atoms with E-state index in [1.165, 1.54) is 0 Å². The summed E-state index contributed by atoms with van der Waals surface area (Å²) >= 11 is 0. The standard InChI is InChI=1S/C27H34N2O6/c1-6-12-29(17-20-13-18-10-11-21(32-5)16-22(18)28-26(20)30)27(31)19-14-23(33-7-2)25(35-9-4)24(15-19)34-8-3/h10-11,13-16H,6-9,12,17H2,1-5H3,(H,28,30). The van der Waals surface area contributed by atoms with Crippen LogP contribution in [0.5, 0.6) is 23.0 Å². The summed E-state index contributed by atoms with van der Waals surface area (Å²) < 4.78 is 22.5. The third-order valence-electron chi connectivity index (χ3n) is 5.43. The molecule has 1 amide bonds. The first kappa shape index (κ1) is 25.9. The van der Waals surface area contributed by atoms with Crippen molar-refractivity contribution in [3.05, 3.63) is 57.9 Å². The zero-order valence-electron chi connectivity index (χ0n) is 21.1. The van der Waals surface area contributed by atoms with E-state index in [0.717, 1.165) is 11.8 Å². The minimum absolute atomic E-state index is 0.172. The highest BCUT2D eigenvalue weighted by atomic mass is 16.5. The highest BCUT2D eigenvalue weighted by Gasteiger charge is 2.23. The van der Waals surface area contributed by atoms with Crippen LogP contribution in [0.25, 0.3) is 10.9 Å². The number of carbonyl (C=O) groups is 1. The number of pyridine rings is 1. The van der Waals surface area contributed by atoms with Crippen LogP contribution >= 0.6 is 0 Å². The molecule has 2 aromatic carbocycles. The topological polar surface area (TPSA) is 90.1 Å². The predicted octanol–water partition coefficient (Wildman–Crippen LogP) is 4.79. The van der Waals surface area contributed by atoms with E-state index < -0.39 is 0 Å². The number of benzene rings is 2. The Bertz CT molecular complexity index is 1190. The summed E-state index contributed by atoms with van der Waals surface area (Å²) in [6.45, 7) is 9.54. The average Bonchev–Trinajstić information content (AvgIpc) is 2.85. The van der Waals surface area contributed by atoms with Gasteiger partial charge in [-0.3, -0.25) is 9.59 Å². The Morgan fingerprint density at radius 2 is 1.57 bits per heavy atom. The van der Waals surface area contributed by atoms with Crippen LogP contribution in [0.1, 0.15) is 50.0 Å². The van der Waals surface area contributed by atoms with E-state index in [1.54, 1.807) is 30.2 Å². The number of carbonyl (C=O) groups excluding carboxylic acids is 1. The van der Waals surface area contributed by atoms with Crippen molar-refractivity contribution in [1.82, 2.24) is 9.88 Å². The lowest BCUT2D eigenvalue weighted by Gasteiger charge is -2.24. The lowest BCUT2D eigenvalue weighted by atomic mass is 10.1. The monoisotopic (exact) mass is 482 g/mol. The Kier molecular flexibility index (Phi) is 9.00. The van der Waals surface area contributed by atoms with Gasteiger partial charge in [0.2, 0.25) is 5.75 Å². The maximum absolute atomic E-state index is 13.6. The first-order valence-electron chi connectivity index (χ1n) is 12.0. The molecule has 3 rings (SSSR count). The summed E-state index contributed by atoms with van der Waals surface area (Å²) in [6.07, 6.45) is 0.738. The fraction of sp³-hybridized carbons (Fsp3) is 0.407. The van der Waals surface area contributed by atoms with Gasteiger partial charge in [-0.15, -0.1) is 0 Å². The van der Waals surface area contributed by atoms with Crippen LogP contribution in [0.3, 0.4) is 0 Å². The zero-order valence-corrected chi connectivity index (χ0v) is 21.1. The van der Waals surface area contributed by atoms with E-state index in [9.17, 15) is 9.59 Å². The Morgan fingerprint density at radius 1 is 0.914 bits per heavy atom. The smallest absolute Gasteiger partial charge is 0.254 e. The van der Waals surface area contributed by atoms with Gasteiger partial charge >= 0.3 is 0 Å². The minimum atomic E-state index is -0.239. The van der Waals surface area contributed by atoms with Gasteiger partial charge in [-0.25, -0.2) is 0 Å². The van der Waals surface area contributed by atoms with Crippen molar-refractivity contribution in [2.45, 2.75) is 40.7 Å². The number of rotatable bonds is 12.